The fraction of sp³-hybridized carbons (Fsp3) is 0.105. The van der Waals surface area contributed by atoms with Gasteiger partial charge < -0.3 is 14.5 Å². The highest BCUT2D eigenvalue weighted by molar-refractivity contribution is 14.1. The molecule has 0 aliphatic carbocycles. The fourth-order valence-corrected chi connectivity index (χ4v) is 4.23. The van der Waals surface area contributed by atoms with Crippen LogP contribution in [0.3, 0.4) is 0 Å². The van der Waals surface area contributed by atoms with E-state index in [4.69, 9.17) is 4.42 Å². The van der Waals surface area contributed by atoms with Crippen molar-refractivity contribution >= 4 is 52.0 Å². The summed E-state index contributed by atoms with van der Waals surface area (Å²) in [7, 11) is 0. The number of carbonyl (C=O) groups is 1. The van der Waals surface area contributed by atoms with Gasteiger partial charge in [0.1, 0.15) is 12.1 Å². The van der Waals surface area contributed by atoms with Crippen LogP contribution in [0.25, 0.3) is 0 Å². The number of hydrogen-bond donors (Lipinski definition) is 2. The van der Waals surface area contributed by atoms with Gasteiger partial charge in [0, 0.05) is 15.7 Å². The maximum atomic E-state index is 14.3. The second kappa shape index (κ2) is 8.31. The first-order chi connectivity index (χ1) is 13.6. The van der Waals surface area contributed by atoms with E-state index in [1.807, 2.05) is 18.2 Å². The van der Waals surface area contributed by atoms with E-state index in [9.17, 15) is 9.18 Å². The van der Waals surface area contributed by atoms with Crippen molar-refractivity contribution in [3.05, 3.63) is 75.8 Å². The van der Waals surface area contributed by atoms with E-state index < -0.39 is 5.92 Å². The van der Waals surface area contributed by atoms with Gasteiger partial charge in [0.15, 0.2) is 0 Å². The summed E-state index contributed by atoms with van der Waals surface area (Å²) in [5.74, 6) is -0.792. The Kier molecular flexibility index (Phi) is 5.62. The monoisotopic (exact) mass is 508 g/mol. The lowest BCUT2D eigenvalue weighted by Gasteiger charge is -2.19. The summed E-state index contributed by atoms with van der Waals surface area (Å²) >= 11 is 3.56. The fourth-order valence-electron chi connectivity index (χ4n) is 2.78. The number of aliphatic imine (C=N–C) groups is 1. The molecule has 1 aliphatic heterocycles. The van der Waals surface area contributed by atoms with Crippen LogP contribution in [0.1, 0.15) is 17.4 Å². The molecule has 0 spiro atoms. The molecule has 1 atom stereocenters. The minimum atomic E-state index is -0.550. The third-order valence-electron chi connectivity index (χ3n) is 4.12. The molecule has 1 aromatic heterocycles. The minimum absolute atomic E-state index is 0.116. The van der Waals surface area contributed by atoms with Gasteiger partial charge in [0.05, 0.1) is 22.7 Å². The first kappa shape index (κ1) is 18.9. The molecule has 6 nitrogen and oxygen atoms in total. The van der Waals surface area contributed by atoms with E-state index in [2.05, 4.69) is 42.6 Å². The van der Waals surface area contributed by atoms with Crippen molar-refractivity contribution in [2.24, 2.45) is 4.99 Å². The Labute approximate surface area is 178 Å². The topological polar surface area (TPSA) is 79.5 Å². The molecule has 2 aromatic carbocycles. The van der Waals surface area contributed by atoms with Crippen molar-refractivity contribution in [1.29, 1.82) is 0 Å². The highest BCUT2D eigenvalue weighted by atomic mass is 127. The van der Waals surface area contributed by atoms with Crippen molar-refractivity contribution in [2.75, 3.05) is 6.54 Å². The summed E-state index contributed by atoms with van der Waals surface area (Å²) < 4.78 is 23.7. The number of fused-ring (bicyclic) bond motifs is 1. The van der Waals surface area contributed by atoms with Gasteiger partial charge in [-0.15, -0.1) is 0 Å². The maximum absolute atomic E-state index is 14.3. The molecule has 9 heteroatoms. The van der Waals surface area contributed by atoms with Gasteiger partial charge in [-0.3, -0.25) is 4.79 Å². The van der Waals surface area contributed by atoms with Crippen LogP contribution < -0.4 is 10.0 Å². The van der Waals surface area contributed by atoms with Crippen LogP contribution in [0.2, 0.25) is 0 Å². The zero-order valence-electron chi connectivity index (χ0n) is 14.4. The van der Waals surface area contributed by atoms with Gasteiger partial charge in [0.2, 0.25) is 11.7 Å². The number of benzene rings is 2. The Morgan fingerprint density at radius 3 is 2.96 bits per heavy atom. The lowest BCUT2D eigenvalue weighted by atomic mass is 9.98. The second-order valence-corrected chi connectivity index (χ2v) is 8.02. The SMILES string of the molecule is O=C(NCC(c1ncco1)c1ccccc1F)C1=Nc2ccc(I)cc2SN1. The number of nitrogens with zero attached hydrogens (tertiary/aromatic N) is 2. The smallest absolute Gasteiger partial charge is 0.287 e. The molecule has 1 aliphatic rings. The Hall–Kier alpha value is -2.40. The molecule has 0 fully saturated rings. The summed E-state index contributed by atoms with van der Waals surface area (Å²) in [5, 5.41) is 2.79. The first-order valence-corrected chi connectivity index (χ1v) is 10.2. The molecular formula is C19H14FIN4O2S. The molecule has 0 saturated carbocycles. The third-order valence-corrected chi connectivity index (χ3v) is 5.64. The van der Waals surface area contributed by atoms with Gasteiger partial charge in [-0.05, 0) is 58.8 Å². The number of rotatable bonds is 5. The van der Waals surface area contributed by atoms with Crippen molar-refractivity contribution in [3.8, 4) is 0 Å². The molecule has 1 amide bonds. The molecular weight excluding hydrogens is 494 g/mol. The van der Waals surface area contributed by atoms with Gasteiger partial charge in [0.25, 0.3) is 5.91 Å². The van der Waals surface area contributed by atoms with Crippen LogP contribution in [0.4, 0.5) is 10.1 Å². The van der Waals surface area contributed by atoms with Gasteiger partial charge in [-0.2, -0.15) is 0 Å². The predicted molar refractivity (Wildman–Crippen MR) is 113 cm³/mol. The van der Waals surface area contributed by atoms with Crippen molar-refractivity contribution < 1.29 is 13.6 Å². The standard InChI is InChI=1S/C19H14FIN4O2S/c20-14-4-2-1-3-12(14)13(19-22-7-8-27-19)10-23-18(26)17-24-15-6-5-11(21)9-16(15)28-25-17/h1-9,13H,10H2,(H,23,26)(H,24,25). The average molecular weight is 508 g/mol. The molecule has 3 aromatic rings. The van der Waals surface area contributed by atoms with Crippen LogP contribution in [-0.4, -0.2) is 23.3 Å². The molecule has 28 heavy (non-hydrogen) atoms. The van der Waals surface area contributed by atoms with E-state index in [1.54, 1.807) is 18.2 Å². The van der Waals surface area contributed by atoms with E-state index in [0.717, 1.165) is 14.2 Å². The Bertz CT molecular complexity index is 1040. The summed E-state index contributed by atoms with van der Waals surface area (Å²) in [6.07, 6.45) is 2.92. The van der Waals surface area contributed by atoms with Gasteiger partial charge in [-0.1, -0.05) is 18.2 Å². The molecule has 142 valence electrons. The molecule has 2 N–H and O–H groups in total. The molecule has 0 bridgehead atoms. The zero-order valence-corrected chi connectivity index (χ0v) is 17.3. The molecule has 0 saturated heterocycles. The zero-order chi connectivity index (χ0) is 19.5. The molecule has 0 radical (unpaired) electrons. The number of aromatic nitrogens is 1. The number of carbonyl (C=O) groups excluding carboxylic acids is 1. The Morgan fingerprint density at radius 2 is 2.18 bits per heavy atom. The van der Waals surface area contributed by atoms with E-state index in [0.29, 0.717) is 11.5 Å². The van der Waals surface area contributed by atoms with E-state index >= 15 is 0 Å². The number of halogens is 2. The van der Waals surface area contributed by atoms with Gasteiger partial charge in [-0.25, -0.2) is 14.4 Å². The normalized spacial score (nSPS) is 13.9. The Balaban J connectivity index is 1.52. The summed E-state index contributed by atoms with van der Waals surface area (Å²) in [5.41, 5.74) is 1.13. The molecule has 2 heterocycles. The van der Waals surface area contributed by atoms with Crippen LogP contribution in [0, 0.1) is 9.39 Å². The second-order valence-electron chi connectivity index (χ2n) is 5.93. The Morgan fingerprint density at radius 1 is 1.32 bits per heavy atom. The number of amidine groups is 1. The quantitative estimate of drug-likeness (QED) is 0.403. The predicted octanol–water partition coefficient (Wildman–Crippen LogP) is 4.01. The summed E-state index contributed by atoms with van der Waals surface area (Å²) in [6, 6.07) is 12.2. The van der Waals surface area contributed by atoms with Crippen LogP contribution in [-0.2, 0) is 4.79 Å². The number of oxazole rings is 1. The number of nitrogens with one attached hydrogen (secondary N) is 2. The average Bonchev–Trinajstić information content (AvgIpc) is 3.23. The molecule has 4 rings (SSSR count). The van der Waals surface area contributed by atoms with Gasteiger partial charge >= 0.3 is 0 Å². The number of amides is 1. The lowest BCUT2D eigenvalue weighted by molar-refractivity contribution is -0.115. The number of hydrogen-bond acceptors (Lipinski definition) is 6. The highest BCUT2D eigenvalue weighted by Crippen LogP contribution is 2.32. The van der Waals surface area contributed by atoms with Crippen molar-refractivity contribution in [1.82, 2.24) is 15.0 Å². The largest absolute Gasteiger partial charge is 0.448 e. The lowest BCUT2D eigenvalue weighted by Crippen LogP contribution is -2.40. The first-order valence-electron chi connectivity index (χ1n) is 8.35. The van der Waals surface area contributed by atoms with Crippen molar-refractivity contribution in [3.63, 3.8) is 0 Å². The van der Waals surface area contributed by atoms with Crippen LogP contribution in [0.15, 0.2) is 69.2 Å². The molecule has 1 unspecified atom stereocenters. The van der Waals surface area contributed by atoms with E-state index in [1.165, 1.54) is 30.5 Å². The highest BCUT2D eigenvalue weighted by Gasteiger charge is 2.25. The maximum Gasteiger partial charge on any atom is 0.287 e. The summed E-state index contributed by atoms with van der Waals surface area (Å²) in [6.45, 7) is 0.116. The van der Waals surface area contributed by atoms with Crippen LogP contribution >= 0.6 is 34.5 Å². The van der Waals surface area contributed by atoms with Crippen LogP contribution in [0.5, 0.6) is 0 Å². The van der Waals surface area contributed by atoms with E-state index in [-0.39, 0.29) is 24.1 Å². The van der Waals surface area contributed by atoms with Crippen molar-refractivity contribution in [2.45, 2.75) is 10.8 Å². The summed E-state index contributed by atoms with van der Waals surface area (Å²) in [4.78, 5) is 22.1. The third kappa shape index (κ3) is 4.04. The minimum Gasteiger partial charge on any atom is -0.448 e.